The third-order valence-corrected chi connectivity index (χ3v) is 5.09. The fourth-order valence-corrected chi connectivity index (χ4v) is 3.50. The largest absolute Gasteiger partial charge is 0.437 e. The zero-order chi connectivity index (χ0) is 23.4. The first-order valence-corrected chi connectivity index (χ1v) is 10.6. The molecule has 0 spiro atoms. The SMILES string of the molecule is CC(C)(C)c1ccccc1Oc1ncccc1NC(=O)Nc1ccc(-n2cncn2)c(Cl)c1. The summed E-state index contributed by atoms with van der Waals surface area (Å²) in [4.78, 5) is 20.9. The number of nitrogens with one attached hydrogen (secondary N) is 2. The second-order valence-electron chi connectivity index (χ2n) is 8.29. The molecule has 0 saturated heterocycles. The molecule has 0 unspecified atom stereocenters. The summed E-state index contributed by atoms with van der Waals surface area (Å²) >= 11 is 6.34. The number of ether oxygens (including phenoxy) is 1. The van der Waals surface area contributed by atoms with Crippen molar-refractivity contribution in [3.8, 4) is 17.3 Å². The summed E-state index contributed by atoms with van der Waals surface area (Å²) in [7, 11) is 0. The first-order chi connectivity index (χ1) is 15.8. The topological polar surface area (TPSA) is 94.0 Å². The predicted octanol–water partition coefficient (Wildman–Crippen LogP) is 6.05. The normalized spacial score (nSPS) is 11.2. The number of rotatable bonds is 5. The fraction of sp³-hybridized carbons (Fsp3) is 0.167. The van der Waals surface area contributed by atoms with E-state index in [1.54, 1.807) is 47.5 Å². The predicted molar refractivity (Wildman–Crippen MR) is 128 cm³/mol. The summed E-state index contributed by atoms with van der Waals surface area (Å²) in [5.74, 6) is 0.978. The lowest BCUT2D eigenvalue weighted by Gasteiger charge is -2.22. The number of aromatic nitrogens is 4. The highest BCUT2D eigenvalue weighted by atomic mass is 35.5. The van der Waals surface area contributed by atoms with Gasteiger partial charge in [-0.15, -0.1) is 0 Å². The fourth-order valence-electron chi connectivity index (χ4n) is 3.23. The molecule has 4 rings (SSSR count). The van der Waals surface area contributed by atoms with Crippen LogP contribution < -0.4 is 15.4 Å². The van der Waals surface area contributed by atoms with Crippen LogP contribution in [0.2, 0.25) is 5.02 Å². The van der Waals surface area contributed by atoms with Crippen molar-refractivity contribution in [2.45, 2.75) is 26.2 Å². The van der Waals surface area contributed by atoms with Crippen molar-refractivity contribution in [3.63, 3.8) is 0 Å². The molecule has 0 saturated carbocycles. The highest BCUT2D eigenvalue weighted by Gasteiger charge is 2.20. The number of hydrogen-bond donors (Lipinski definition) is 2. The van der Waals surface area contributed by atoms with Crippen LogP contribution in [-0.4, -0.2) is 25.8 Å². The van der Waals surface area contributed by atoms with Crippen LogP contribution in [0.5, 0.6) is 11.6 Å². The molecule has 2 aromatic carbocycles. The summed E-state index contributed by atoms with van der Waals surface area (Å²) in [6, 6.07) is 15.9. The minimum Gasteiger partial charge on any atom is -0.437 e. The number of para-hydroxylation sites is 1. The zero-order valence-electron chi connectivity index (χ0n) is 18.4. The van der Waals surface area contributed by atoms with E-state index in [1.807, 2.05) is 24.3 Å². The lowest BCUT2D eigenvalue weighted by Crippen LogP contribution is -2.20. The molecular weight excluding hydrogens is 440 g/mol. The lowest BCUT2D eigenvalue weighted by molar-refractivity contribution is 0.262. The first kappa shape index (κ1) is 22.3. The molecule has 0 atom stereocenters. The Morgan fingerprint density at radius 1 is 1.06 bits per heavy atom. The van der Waals surface area contributed by atoms with Crippen molar-refractivity contribution in [1.82, 2.24) is 19.7 Å². The van der Waals surface area contributed by atoms with E-state index in [0.29, 0.717) is 33.7 Å². The van der Waals surface area contributed by atoms with E-state index in [1.165, 1.54) is 6.33 Å². The van der Waals surface area contributed by atoms with Gasteiger partial charge in [-0.25, -0.2) is 19.4 Å². The Kier molecular flexibility index (Phi) is 6.28. The second kappa shape index (κ2) is 9.30. The van der Waals surface area contributed by atoms with E-state index < -0.39 is 6.03 Å². The van der Waals surface area contributed by atoms with Crippen LogP contribution in [0.3, 0.4) is 0 Å². The minimum absolute atomic E-state index is 0.117. The van der Waals surface area contributed by atoms with E-state index >= 15 is 0 Å². The molecular formula is C24H23ClN6O2. The minimum atomic E-state index is -0.457. The maximum absolute atomic E-state index is 12.7. The van der Waals surface area contributed by atoms with Crippen LogP contribution in [0.1, 0.15) is 26.3 Å². The van der Waals surface area contributed by atoms with Gasteiger partial charge in [0, 0.05) is 17.4 Å². The Labute approximate surface area is 196 Å². The molecule has 168 valence electrons. The Morgan fingerprint density at radius 3 is 2.61 bits per heavy atom. The van der Waals surface area contributed by atoms with Gasteiger partial charge in [0.2, 0.25) is 5.88 Å². The molecule has 33 heavy (non-hydrogen) atoms. The van der Waals surface area contributed by atoms with Gasteiger partial charge < -0.3 is 15.4 Å². The van der Waals surface area contributed by atoms with Gasteiger partial charge in [0.05, 0.1) is 10.7 Å². The molecule has 2 heterocycles. The van der Waals surface area contributed by atoms with Gasteiger partial charge in [-0.3, -0.25) is 0 Å². The lowest BCUT2D eigenvalue weighted by atomic mass is 9.86. The monoisotopic (exact) mass is 462 g/mol. The zero-order valence-corrected chi connectivity index (χ0v) is 19.2. The van der Waals surface area contributed by atoms with Crippen LogP contribution in [-0.2, 0) is 5.41 Å². The van der Waals surface area contributed by atoms with Crippen molar-refractivity contribution in [2.24, 2.45) is 0 Å². The number of halogens is 1. The summed E-state index contributed by atoms with van der Waals surface area (Å²) in [5, 5.41) is 10.0. The van der Waals surface area contributed by atoms with E-state index in [2.05, 4.69) is 46.5 Å². The average molecular weight is 463 g/mol. The number of nitrogens with zero attached hydrogens (tertiary/aromatic N) is 4. The maximum atomic E-state index is 12.7. The Bertz CT molecular complexity index is 1270. The second-order valence-corrected chi connectivity index (χ2v) is 8.70. The Hall–Kier alpha value is -3.91. The molecule has 0 radical (unpaired) electrons. The van der Waals surface area contributed by atoms with E-state index in [9.17, 15) is 4.79 Å². The molecule has 0 aliphatic heterocycles. The number of urea groups is 1. The van der Waals surface area contributed by atoms with Crippen molar-refractivity contribution in [2.75, 3.05) is 10.6 Å². The third-order valence-electron chi connectivity index (χ3n) is 4.79. The van der Waals surface area contributed by atoms with Crippen molar-refractivity contribution >= 4 is 29.0 Å². The van der Waals surface area contributed by atoms with Gasteiger partial charge in [0.1, 0.15) is 24.1 Å². The van der Waals surface area contributed by atoms with Crippen molar-refractivity contribution in [3.05, 3.63) is 84.0 Å². The molecule has 4 aromatic rings. The van der Waals surface area contributed by atoms with Crippen LogP contribution in [0.25, 0.3) is 5.69 Å². The number of pyridine rings is 1. The van der Waals surface area contributed by atoms with Crippen molar-refractivity contribution in [1.29, 1.82) is 0 Å². The Morgan fingerprint density at radius 2 is 1.88 bits per heavy atom. The molecule has 9 heteroatoms. The summed E-state index contributed by atoms with van der Waals surface area (Å²) in [5.41, 5.74) is 2.53. The van der Waals surface area contributed by atoms with Gasteiger partial charge in [0.15, 0.2) is 0 Å². The van der Waals surface area contributed by atoms with E-state index in [4.69, 9.17) is 16.3 Å². The highest BCUT2D eigenvalue weighted by molar-refractivity contribution is 6.32. The summed E-state index contributed by atoms with van der Waals surface area (Å²) in [6.45, 7) is 6.33. The number of carbonyl (C=O) groups is 1. The van der Waals surface area contributed by atoms with Gasteiger partial charge in [0.25, 0.3) is 0 Å². The number of carbonyl (C=O) groups excluding carboxylic acids is 1. The highest BCUT2D eigenvalue weighted by Crippen LogP contribution is 2.35. The maximum Gasteiger partial charge on any atom is 0.323 e. The molecule has 0 aliphatic rings. The summed E-state index contributed by atoms with van der Waals surface area (Å²) in [6.07, 6.45) is 4.58. The molecule has 0 bridgehead atoms. The standard InChI is InChI=1S/C24H23ClN6O2/c1-24(2,3)17-7-4-5-9-21(17)33-22-19(8-6-12-27-22)30-23(32)29-16-10-11-20(18(25)13-16)31-15-26-14-28-31/h4-15H,1-3H3,(H2,29,30,32). The smallest absolute Gasteiger partial charge is 0.323 e. The van der Waals surface area contributed by atoms with E-state index in [0.717, 1.165) is 5.56 Å². The molecule has 8 nitrogen and oxygen atoms in total. The molecule has 0 aliphatic carbocycles. The average Bonchev–Trinajstić information content (AvgIpc) is 3.29. The van der Waals surface area contributed by atoms with Crippen LogP contribution in [0, 0.1) is 0 Å². The molecule has 2 aromatic heterocycles. The Balaban J connectivity index is 1.50. The number of benzene rings is 2. The quantitative estimate of drug-likeness (QED) is 0.376. The van der Waals surface area contributed by atoms with Gasteiger partial charge in [-0.1, -0.05) is 50.6 Å². The van der Waals surface area contributed by atoms with Crippen LogP contribution >= 0.6 is 11.6 Å². The number of amides is 2. The number of hydrogen-bond acceptors (Lipinski definition) is 5. The molecule has 2 amide bonds. The third kappa shape index (κ3) is 5.30. The van der Waals surface area contributed by atoms with Gasteiger partial charge in [-0.2, -0.15) is 5.10 Å². The van der Waals surface area contributed by atoms with E-state index in [-0.39, 0.29) is 5.41 Å². The molecule has 0 fully saturated rings. The summed E-state index contributed by atoms with van der Waals surface area (Å²) < 4.78 is 7.65. The van der Waals surface area contributed by atoms with Gasteiger partial charge >= 0.3 is 6.03 Å². The van der Waals surface area contributed by atoms with Crippen molar-refractivity contribution < 1.29 is 9.53 Å². The molecule has 2 N–H and O–H groups in total. The first-order valence-electron chi connectivity index (χ1n) is 10.3. The van der Waals surface area contributed by atoms with Crippen LogP contribution in [0.4, 0.5) is 16.2 Å². The van der Waals surface area contributed by atoms with Gasteiger partial charge in [-0.05, 0) is 41.8 Å². The van der Waals surface area contributed by atoms with Crippen LogP contribution in [0.15, 0.2) is 73.4 Å². The number of anilines is 2.